The quantitative estimate of drug-likeness (QED) is 0.533. The van der Waals surface area contributed by atoms with Crippen molar-refractivity contribution in [1.82, 2.24) is 19.0 Å². The van der Waals surface area contributed by atoms with Crippen molar-refractivity contribution < 1.29 is 9.53 Å². The van der Waals surface area contributed by atoms with Crippen molar-refractivity contribution in [3.8, 4) is 17.3 Å². The van der Waals surface area contributed by atoms with Crippen molar-refractivity contribution in [3.63, 3.8) is 0 Å². The van der Waals surface area contributed by atoms with Crippen LogP contribution in [-0.2, 0) is 13.6 Å². The zero-order valence-corrected chi connectivity index (χ0v) is 18.8. The monoisotopic (exact) mass is 431 g/mol. The summed E-state index contributed by atoms with van der Waals surface area (Å²) in [6.45, 7) is 4.29. The molecule has 0 spiro atoms. The lowest BCUT2D eigenvalue weighted by molar-refractivity contribution is 0.0709. The second kappa shape index (κ2) is 7.98. The Bertz CT molecular complexity index is 1320. The molecule has 1 aliphatic rings. The minimum absolute atomic E-state index is 0.0293. The fourth-order valence-electron chi connectivity index (χ4n) is 4.91. The molecule has 4 aromatic rings. The molecule has 1 atom stereocenters. The summed E-state index contributed by atoms with van der Waals surface area (Å²) >= 11 is 0. The third kappa shape index (κ3) is 3.24. The van der Waals surface area contributed by atoms with Gasteiger partial charge in [0.25, 0.3) is 5.91 Å². The minimum atomic E-state index is 0.0293. The van der Waals surface area contributed by atoms with Crippen molar-refractivity contribution in [2.45, 2.75) is 32.4 Å². The van der Waals surface area contributed by atoms with Crippen LogP contribution in [0, 0.1) is 0 Å². The number of nitrogens with zero attached hydrogens (tertiary/aromatic N) is 4. The molecule has 5 rings (SSSR count). The lowest BCUT2D eigenvalue weighted by Crippen LogP contribution is -2.45. The molecule has 2 aromatic heterocycles. The number of para-hydroxylation sites is 1. The van der Waals surface area contributed by atoms with E-state index in [2.05, 4.69) is 28.2 Å². The van der Waals surface area contributed by atoms with Gasteiger partial charge < -0.3 is 24.5 Å². The number of ether oxygens (including phenoxy) is 1. The van der Waals surface area contributed by atoms with Gasteiger partial charge in [0.15, 0.2) is 5.82 Å². The van der Waals surface area contributed by atoms with Gasteiger partial charge in [-0.3, -0.25) is 4.79 Å². The third-order valence-corrected chi connectivity index (χ3v) is 6.52. The smallest absolute Gasteiger partial charge is 0.253 e. The van der Waals surface area contributed by atoms with Gasteiger partial charge in [-0.1, -0.05) is 12.1 Å². The first-order valence-corrected chi connectivity index (χ1v) is 11.2. The fraction of sp³-hybridized carbons (Fsp3) is 0.360. The van der Waals surface area contributed by atoms with E-state index >= 15 is 0 Å². The van der Waals surface area contributed by atoms with E-state index in [1.165, 1.54) is 0 Å². The molecule has 1 fully saturated rings. The van der Waals surface area contributed by atoms with Crippen molar-refractivity contribution in [1.29, 1.82) is 0 Å². The molecule has 1 aliphatic heterocycles. The van der Waals surface area contributed by atoms with E-state index in [0.29, 0.717) is 12.1 Å². The molecule has 32 heavy (non-hydrogen) atoms. The Labute approximate surface area is 187 Å². The summed E-state index contributed by atoms with van der Waals surface area (Å²) < 4.78 is 9.94. The van der Waals surface area contributed by atoms with Gasteiger partial charge in [-0.25, -0.2) is 4.98 Å². The van der Waals surface area contributed by atoms with E-state index < -0.39 is 0 Å². The summed E-state index contributed by atoms with van der Waals surface area (Å²) in [5, 5.41) is 1.12. The number of piperidine rings is 1. The molecule has 7 nitrogen and oxygen atoms in total. The third-order valence-electron chi connectivity index (χ3n) is 6.52. The topological polar surface area (TPSA) is 78.3 Å². The number of fused-ring (bicyclic) bond motifs is 2. The Morgan fingerprint density at radius 3 is 2.84 bits per heavy atom. The Kier molecular flexibility index (Phi) is 5.13. The molecule has 1 saturated heterocycles. The van der Waals surface area contributed by atoms with E-state index in [9.17, 15) is 4.79 Å². The highest BCUT2D eigenvalue weighted by Crippen LogP contribution is 2.34. The van der Waals surface area contributed by atoms with Crippen LogP contribution in [0.2, 0.25) is 0 Å². The van der Waals surface area contributed by atoms with E-state index in [0.717, 1.165) is 65.1 Å². The van der Waals surface area contributed by atoms with Crippen LogP contribution in [0.1, 0.15) is 30.1 Å². The van der Waals surface area contributed by atoms with Crippen LogP contribution in [0.15, 0.2) is 42.5 Å². The van der Waals surface area contributed by atoms with E-state index in [4.69, 9.17) is 15.5 Å². The van der Waals surface area contributed by atoms with Gasteiger partial charge in [-0.15, -0.1) is 0 Å². The number of amides is 1. The van der Waals surface area contributed by atoms with Crippen molar-refractivity contribution in [2.75, 3.05) is 20.2 Å². The second-order valence-electron chi connectivity index (χ2n) is 8.52. The van der Waals surface area contributed by atoms with Gasteiger partial charge in [0.2, 0.25) is 0 Å². The molecule has 0 aliphatic carbocycles. The average molecular weight is 432 g/mol. The van der Waals surface area contributed by atoms with Gasteiger partial charge in [0, 0.05) is 43.7 Å². The first-order valence-electron chi connectivity index (χ1n) is 11.2. The van der Waals surface area contributed by atoms with Crippen LogP contribution >= 0.6 is 0 Å². The molecule has 7 heteroatoms. The maximum Gasteiger partial charge on any atom is 0.253 e. The molecular formula is C25H29N5O2. The van der Waals surface area contributed by atoms with E-state index in [-0.39, 0.29) is 11.9 Å². The van der Waals surface area contributed by atoms with Crippen LogP contribution in [0.3, 0.4) is 0 Å². The lowest BCUT2D eigenvalue weighted by atomic mass is 10.1. The molecule has 0 radical (unpaired) electrons. The van der Waals surface area contributed by atoms with Crippen molar-refractivity contribution in [3.05, 3.63) is 48.0 Å². The predicted molar refractivity (Wildman–Crippen MR) is 127 cm³/mol. The number of aryl methyl sites for hydroxylation is 2. The lowest BCUT2D eigenvalue weighted by Gasteiger charge is -2.30. The van der Waals surface area contributed by atoms with E-state index in [1.54, 1.807) is 7.11 Å². The van der Waals surface area contributed by atoms with Crippen molar-refractivity contribution in [2.24, 2.45) is 12.8 Å². The van der Waals surface area contributed by atoms with Crippen LogP contribution in [0.5, 0.6) is 5.75 Å². The molecule has 166 valence electrons. The van der Waals surface area contributed by atoms with Gasteiger partial charge in [0.1, 0.15) is 5.75 Å². The highest BCUT2D eigenvalue weighted by atomic mass is 16.5. The van der Waals surface area contributed by atoms with Crippen molar-refractivity contribution >= 4 is 27.8 Å². The zero-order chi connectivity index (χ0) is 22.4. The summed E-state index contributed by atoms with van der Waals surface area (Å²) in [4.78, 5) is 19.9. The Morgan fingerprint density at radius 2 is 2.09 bits per heavy atom. The fourth-order valence-corrected chi connectivity index (χ4v) is 4.91. The maximum atomic E-state index is 13.1. The summed E-state index contributed by atoms with van der Waals surface area (Å²) in [5.74, 6) is 1.74. The summed E-state index contributed by atoms with van der Waals surface area (Å²) in [6, 6.07) is 14.1. The minimum Gasteiger partial charge on any atom is -0.495 e. The first kappa shape index (κ1) is 20.6. The van der Waals surface area contributed by atoms with E-state index in [1.807, 2.05) is 42.3 Å². The highest BCUT2D eigenvalue weighted by Gasteiger charge is 2.24. The maximum absolute atomic E-state index is 13.1. The summed E-state index contributed by atoms with van der Waals surface area (Å²) in [7, 11) is 3.72. The number of carbonyl (C=O) groups is 1. The zero-order valence-electron chi connectivity index (χ0n) is 18.8. The summed E-state index contributed by atoms with van der Waals surface area (Å²) in [6.07, 6.45) is 1.93. The van der Waals surface area contributed by atoms with Gasteiger partial charge >= 0.3 is 0 Å². The molecule has 3 heterocycles. The Hall–Kier alpha value is -3.32. The predicted octanol–water partition coefficient (Wildman–Crippen LogP) is 3.79. The number of imidazole rings is 1. The molecular weight excluding hydrogens is 402 g/mol. The number of aromatic nitrogens is 3. The number of hydrogen-bond acceptors (Lipinski definition) is 4. The molecule has 2 N–H and O–H groups in total. The molecule has 0 saturated carbocycles. The number of benzene rings is 2. The van der Waals surface area contributed by atoms with Gasteiger partial charge in [0.05, 0.1) is 29.4 Å². The largest absolute Gasteiger partial charge is 0.495 e. The van der Waals surface area contributed by atoms with Gasteiger partial charge in [-0.2, -0.15) is 0 Å². The second-order valence-corrected chi connectivity index (χ2v) is 8.52. The molecule has 2 aromatic carbocycles. The molecule has 0 unspecified atom stereocenters. The number of likely N-dealkylation sites (tertiary alicyclic amines) is 1. The average Bonchev–Trinajstić information content (AvgIpc) is 3.35. The number of hydrogen-bond donors (Lipinski definition) is 1. The molecule has 1 amide bonds. The van der Waals surface area contributed by atoms with Crippen LogP contribution in [-0.4, -0.2) is 51.2 Å². The Morgan fingerprint density at radius 1 is 1.25 bits per heavy atom. The number of nitrogens with two attached hydrogens (primary N) is 1. The normalized spacial score (nSPS) is 16.8. The SMILES string of the molecule is CCn1c(-c2nc3cc(C(=O)N4CCC[C@@H](N)C4)ccc3n2C)cc2cccc(OC)c21. The van der Waals surface area contributed by atoms with Gasteiger partial charge in [-0.05, 0) is 50.1 Å². The molecule has 0 bridgehead atoms. The number of methoxy groups -OCH3 is 1. The standard InChI is InChI=1S/C25H29N5O2/c1-4-30-21(14-16-7-5-9-22(32-3)23(16)30)24-27-19-13-17(10-11-20(19)28(24)2)25(31)29-12-6-8-18(26)15-29/h5,7,9-11,13-14,18H,4,6,8,12,15,26H2,1-3H3/t18-/m1/s1. The summed E-state index contributed by atoms with van der Waals surface area (Å²) in [5.41, 5.74) is 10.6. The van der Waals surface area contributed by atoms with Crippen LogP contribution < -0.4 is 10.5 Å². The van der Waals surface area contributed by atoms with Crippen LogP contribution in [0.4, 0.5) is 0 Å². The van der Waals surface area contributed by atoms with Crippen LogP contribution in [0.25, 0.3) is 33.5 Å². The first-order chi connectivity index (χ1) is 15.5. The number of carbonyl (C=O) groups excluding carboxylic acids is 1. The number of rotatable bonds is 4. The Balaban J connectivity index is 1.59. The highest BCUT2D eigenvalue weighted by molar-refractivity contribution is 5.98.